The predicted octanol–water partition coefficient (Wildman–Crippen LogP) is 5.31. The molecular weight excluding hydrogens is 394 g/mol. The van der Waals surface area contributed by atoms with Crippen LogP contribution in [0.15, 0.2) is 41.2 Å². The minimum Gasteiger partial charge on any atom is -0.317 e. The fraction of sp³-hybridized carbons (Fsp3) is 0.440. The van der Waals surface area contributed by atoms with Crippen LogP contribution in [0.25, 0.3) is 16.6 Å². The fourth-order valence-corrected chi connectivity index (χ4v) is 5.70. The highest BCUT2D eigenvalue weighted by atomic mass is 35.5. The number of hydrogen-bond donors (Lipinski definition) is 1. The summed E-state index contributed by atoms with van der Waals surface area (Å²) in [6.45, 7) is 4.30. The third-order valence-electron chi connectivity index (χ3n) is 7.16. The Kier molecular flexibility index (Phi) is 4.75. The van der Waals surface area contributed by atoms with Gasteiger partial charge in [0.15, 0.2) is 0 Å². The van der Waals surface area contributed by atoms with Crippen molar-refractivity contribution in [3.8, 4) is 5.69 Å². The number of hydrogen-bond acceptors (Lipinski definition) is 3. The zero-order valence-corrected chi connectivity index (χ0v) is 18.6. The average molecular weight is 422 g/mol. The number of benzene rings is 2. The largest absolute Gasteiger partial charge is 0.317 e. The molecule has 156 valence electrons. The van der Waals surface area contributed by atoms with Crippen molar-refractivity contribution < 1.29 is 0 Å². The second-order valence-electron chi connectivity index (χ2n) is 9.31. The highest BCUT2D eigenvalue weighted by molar-refractivity contribution is 6.35. The number of rotatable bonds is 2. The molecule has 1 fully saturated rings. The van der Waals surface area contributed by atoms with E-state index in [4.69, 9.17) is 11.6 Å². The summed E-state index contributed by atoms with van der Waals surface area (Å²) in [6.07, 6.45) is 6.20. The summed E-state index contributed by atoms with van der Waals surface area (Å²) >= 11 is 6.41. The Morgan fingerprint density at radius 3 is 2.77 bits per heavy atom. The normalized spacial score (nSPS) is 22.5. The second-order valence-corrected chi connectivity index (χ2v) is 9.72. The van der Waals surface area contributed by atoms with E-state index >= 15 is 0 Å². The third-order valence-corrected chi connectivity index (χ3v) is 7.48. The van der Waals surface area contributed by atoms with Crippen LogP contribution in [0, 0.1) is 0 Å². The van der Waals surface area contributed by atoms with E-state index in [0.29, 0.717) is 22.4 Å². The molecular formula is C25H28ClN3O. The van der Waals surface area contributed by atoms with Crippen molar-refractivity contribution >= 4 is 22.5 Å². The Bertz CT molecular complexity index is 1200. The molecule has 1 saturated carbocycles. The van der Waals surface area contributed by atoms with Gasteiger partial charge in [-0.2, -0.15) is 4.98 Å². The summed E-state index contributed by atoms with van der Waals surface area (Å²) in [5, 5.41) is 4.46. The van der Waals surface area contributed by atoms with Gasteiger partial charge in [-0.05, 0) is 75.4 Å². The first-order chi connectivity index (χ1) is 14.4. The van der Waals surface area contributed by atoms with Crippen molar-refractivity contribution in [1.29, 1.82) is 0 Å². The van der Waals surface area contributed by atoms with Crippen molar-refractivity contribution in [3.05, 3.63) is 68.7 Å². The number of fused-ring (bicyclic) bond motifs is 5. The van der Waals surface area contributed by atoms with Crippen LogP contribution < -0.4 is 10.9 Å². The van der Waals surface area contributed by atoms with Crippen LogP contribution in [0.4, 0.5) is 0 Å². The van der Waals surface area contributed by atoms with Gasteiger partial charge in [-0.3, -0.25) is 9.36 Å². The first-order valence-corrected chi connectivity index (χ1v) is 11.3. The van der Waals surface area contributed by atoms with E-state index in [9.17, 15) is 4.79 Å². The first-order valence-electron chi connectivity index (χ1n) is 11.0. The summed E-state index contributed by atoms with van der Waals surface area (Å²) in [5.74, 6) is 1.34. The maximum Gasteiger partial charge on any atom is 0.282 e. The van der Waals surface area contributed by atoms with Gasteiger partial charge in [-0.1, -0.05) is 42.6 Å². The van der Waals surface area contributed by atoms with Crippen LogP contribution in [0.1, 0.15) is 68.8 Å². The minimum absolute atomic E-state index is 0.247. The Morgan fingerprint density at radius 1 is 1.17 bits per heavy atom. The monoisotopic (exact) mass is 421 g/mol. The van der Waals surface area contributed by atoms with E-state index < -0.39 is 0 Å². The summed E-state index contributed by atoms with van der Waals surface area (Å²) in [6, 6.07) is 13.1. The van der Waals surface area contributed by atoms with Gasteiger partial charge in [0.05, 0.1) is 27.0 Å². The molecule has 2 aromatic carbocycles. The first kappa shape index (κ1) is 19.8. The van der Waals surface area contributed by atoms with Gasteiger partial charge in [-0.15, -0.1) is 0 Å². The molecule has 0 spiro atoms. The Labute approximate surface area is 182 Å². The van der Waals surface area contributed by atoms with E-state index in [0.717, 1.165) is 17.0 Å². The molecule has 3 aromatic rings. The molecule has 2 heterocycles. The Balaban J connectivity index is 1.72. The topological polar surface area (TPSA) is 46.9 Å². The maximum absolute atomic E-state index is 12.8. The van der Waals surface area contributed by atoms with Crippen LogP contribution in [-0.2, 0) is 5.41 Å². The van der Waals surface area contributed by atoms with E-state index in [1.54, 1.807) is 6.07 Å². The highest BCUT2D eigenvalue weighted by Crippen LogP contribution is 2.45. The van der Waals surface area contributed by atoms with Gasteiger partial charge >= 0.3 is 0 Å². The number of nitrogens with one attached hydrogen (secondary N) is 1. The third kappa shape index (κ3) is 2.92. The smallest absolute Gasteiger partial charge is 0.282 e. The molecule has 2 atom stereocenters. The number of nitrogens with zero attached hydrogens (tertiary/aromatic N) is 2. The molecule has 0 amide bonds. The van der Waals surface area contributed by atoms with Gasteiger partial charge in [0.1, 0.15) is 5.82 Å². The van der Waals surface area contributed by atoms with Crippen molar-refractivity contribution in [2.45, 2.75) is 63.3 Å². The fourth-order valence-electron chi connectivity index (χ4n) is 5.45. The van der Waals surface area contributed by atoms with Gasteiger partial charge in [-0.25, -0.2) is 0 Å². The van der Waals surface area contributed by atoms with Crippen LogP contribution in [0.5, 0.6) is 0 Å². The number of aromatic nitrogens is 2. The molecule has 30 heavy (non-hydrogen) atoms. The van der Waals surface area contributed by atoms with Gasteiger partial charge in [0.25, 0.3) is 5.56 Å². The molecule has 4 nitrogen and oxygen atoms in total. The Morgan fingerprint density at radius 2 is 1.97 bits per heavy atom. The van der Waals surface area contributed by atoms with E-state index in [-0.39, 0.29) is 11.0 Å². The summed E-state index contributed by atoms with van der Waals surface area (Å²) in [7, 11) is 2.08. The van der Waals surface area contributed by atoms with Crippen LogP contribution >= 0.6 is 11.6 Å². The van der Waals surface area contributed by atoms with E-state index in [1.807, 2.05) is 12.1 Å². The molecule has 5 heteroatoms. The zero-order chi connectivity index (χ0) is 21.0. The van der Waals surface area contributed by atoms with E-state index in [1.165, 1.54) is 43.2 Å². The molecule has 1 aliphatic carbocycles. The zero-order valence-electron chi connectivity index (χ0n) is 17.8. The number of halogens is 1. The highest BCUT2D eigenvalue weighted by Gasteiger charge is 2.39. The van der Waals surface area contributed by atoms with Crippen LogP contribution in [0.2, 0.25) is 5.02 Å². The average Bonchev–Trinajstić information content (AvgIpc) is 2.89. The van der Waals surface area contributed by atoms with Crippen molar-refractivity contribution in [1.82, 2.24) is 14.9 Å². The molecule has 1 aromatic heterocycles. The molecule has 2 unspecified atom stereocenters. The summed E-state index contributed by atoms with van der Waals surface area (Å²) in [4.78, 5) is 17.3. The van der Waals surface area contributed by atoms with Gasteiger partial charge in [0.2, 0.25) is 0 Å². The van der Waals surface area contributed by atoms with Crippen molar-refractivity contribution in [2.75, 3.05) is 7.05 Å². The quantitative estimate of drug-likeness (QED) is 0.570. The Hall–Kier alpha value is -2.17. The van der Waals surface area contributed by atoms with Crippen molar-refractivity contribution in [3.63, 3.8) is 0 Å². The SMILES string of the molecule is CNC1CCCCC(c2ccc3c(c2)-n2c(nc(=O)c4c(Cl)cccc42)C3(C)C)C1. The lowest BCUT2D eigenvalue weighted by Gasteiger charge is -2.22. The summed E-state index contributed by atoms with van der Waals surface area (Å²) < 4.78 is 2.16. The molecule has 0 radical (unpaired) electrons. The molecule has 0 saturated heterocycles. The predicted molar refractivity (Wildman–Crippen MR) is 123 cm³/mol. The molecule has 1 aliphatic heterocycles. The van der Waals surface area contributed by atoms with Crippen molar-refractivity contribution in [2.24, 2.45) is 0 Å². The molecule has 0 bridgehead atoms. The van der Waals surface area contributed by atoms with Crippen LogP contribution in [-0.4, -0.2) is 22.6 Å². The summed E-state index contributed by atoms with van der Waals surface area (Å²) in [5.41, 5.74) is 4.00. The second kappa shape index (κ2) is 7.21. The van der Waals surface area contributed by atoms with E-state index in [2.05, 4.69) is 54.0 Å². The maximum atomic E-state index is 12.8. The standard InChI is InChI=1S/C25H28ClN3O/c1-25(2)18-12-11-16(15-7-4-5-8-17(13-15)27-3)14-21(18)29-20-10-6-9-19(26)22(20)23(30)28-24(25)29/h6,9-12,14-15,17,27H,4-5,7-8,13H2,1-3H3. The lowest BCUT2D eigenvalue weighted by atomic mass is 9.83. The lowest BCUT2D eigenvalue weighted by Crippen LogP contribution is -2.25. The molecule has 5 rings (SSSR count). The molecule has 1 N–H and O–H groups in total. The molecule has 2 aliphatic rings. The van der Waals surface area contributed by atoms with Gasteiger partial charge < -0.3 is 5.32 Å². The van der Waals surface area contributed by atoms with Crippen LogP contribution in [0.3, 0.4) is 0 Å². The minimum atomic E-state index is -0.333. The van der Waals surface area contributed by atoms with Gasteiger partial charge in [0, 0.05) is 6.04 Å². The lowest BCUT2D eigenvalue weighted by molar-refractivity contribution is 0.471.